The van der Waals surface area contributed by atoms with Gasteiger partial charge < -0.3 is 10.6 Å². The lowest BCUT2D eigenvalue weighted by molar-refractivity contribution is 0.0667. The van der Waals surface area contributed by atoms with Crippen molar-refractivity contribution >= 4 is 0 Å². The summed E-state index contributed by atoms with van der Waals surface area (Å²) in [7, 11) is 2.27. The summed E-state index contributed by atoms with van der Waals surface area (Å²) in [5, 5.41) is 0. The molecule has 2 atom stereocenters. The molecule has 3 heteroatoms. The molecule has 1 aliphatic rings. The van der Waals surface area contributed by atoms with E-state index in [1.807, 2.05) is 0 Å². The fourth-order valence-corrected chi connectivity index (χ4v) is 3.16. The average molecular weight is 255 g/mol. The molecule has 1 aliphatic heterocycles. The van der Waals surface area contributed by atoms with Crippen LogP contribution >= 0.6 is 0 Å². The van der Waals surface area contributed by atoms with Gasteiger partial charge in [-0.05, 0) is 60.0 Å². The minimum atomic E-state index is 0.221. The van der Waals surface area contributed by atoms with Crippen molar-refractivity contribution in [2.75, 3.05) is 26.7 Å². The predicted octanol–water partition coefficient (Wildman–Crippen LogP) is 2.31. The van der Waals surface area contributed by atoms with Gasteiger partial charge in [0, 0.05) is 30.7 Å². The van der Waals surface area contributed by atoms with Crippen molar-refractivity contribution in [3.8, 4) is 0 Å². The molecular weight excluding hydrogens is 222 g/mol. The van der Waals surface area contributed by atoms with Crippen LogP contribution in [0.3, 0.4) is 0 Å². The summed E-state index contributed by atoms with van der Waals surface area (Å²) in [5.41, 5.74) is 6.38. The van der Waals surface area contributed by atoms with E-state index in [-0.39, 0.29) is 5.54 Å². The van der Waals surface area contributed by atoms with Crippen LogP contribution < -0.4 is 5.73 Å². The molecule has 0 spiro atoms. The second kappa shape index (κ2) is 6.88. The molecule has 0 aromatic heterocycles. The number of nitrogens with zero attached hydrogens (tertiary/aromatic N) is 2. The quantitative estimate of drug-likeness (QED) is 0.818. The number of nitrogens with two attached hydrogens (primary N) is 1. The molecule has 2 unspecified atom stereocenters. The Morgan fingerprint density at radius 3 is 2.39 bits per heavy atom. The van der Waals surface area contributed by atoms with E-state index in [9.17, 15) is 0 Å². The second-order valence-corrected chi connectivity index (χ2v) is 6.28. The number of hydrogen-bond acceptors (Lipinski definition) is 3. The van der Waals surface area contributed by atoms with Crippen molar-refractivity contribution in [3.05, 3.63) is 0 Å². The SMILES string of the molecule is CCC(C)N(C)C1(CN)CCCN(C(C)C)CC1. The molecule has 1 rings (SSSR count). The van der Waals surface area contributed by atoms with Crippen LogP contribution in [0.2, 0.25) is 0 Å². The predicted molar refractivity (Wildman–Crippen MR) is 79.9 cm³/mol. The van der Waals surface area contributed by atoms with Crippen molar-refractivity contribution in [1.29, 1.82) is 0 Å². The number of likely N-dealkylation sites (N-methyl/N-ethyl adjacent to an activating group) is 1. The lowest BCUT2D eigenvalue weighted by Gasteiger charge is -2.44. The second-order valence-electron chi connectivity index (χ2n) is 6.28. The summed E-state index contributed by atoms with van der Waals surface area (Å²) < 4.78 is 0. The summed E-state index contributed by atoms with van der Waals surface area (Å²) in [5.74, 6) is 0. The van der Waals surface area contributed by atoms with E-state index in [0.29, 0.717) is 12.1 Å². The van der Waals surface area contributed by atoms with Gasteiger partial charge in [-0.15, -0.1) is 0 Å². The van der Waals surface area contributed by atoms with Gasteiger partial charge in [0.25, 0.3) is 0 Å². The molecule has 108 valence electrons. The molecular formula is C15H33N3. The first-order valence-corrected chi connectivity index (χ1v) is 7.64. The molecule has 1 fully saturated rings. The first-order chi connectivity index (χ1) is 8.46. The van der Waals surface area contributed by atoms with Gasteiger partial charge in [0.1, 0.15) is 0 Å². The molecule has 0 radical (unpaired) electrons. The molecule has 0 aromatic rings. The van der Waals surface area contributed by atoms with Crippen LogP contribution in [0.15, 0.2) is 0 Å². The van der Waals surface area contributed by atoms with Crippen molar-refractivity contribution in [2.24, 2.45) is 5.73 Å². The normalized spacial score (nSPS) is 28.7. The highest BCUT2D eigenvalue weighted by molar-refractivity contribution is 4.95. The maximum atomic E-state index is 6.16. The van der Waals surface area contributed by atoms with Gasteiger partial charge in [-0.25, -0.2) is 0 Å². The van der Waals surface area contributed by atoms with Crippen LogP contribution in [-0.2, 0) is 0 Å². The largest absolute Gasteiger partial charge is 0.329 e. The minimum absolute atomic E-state index is 0.221. The Morgan fingerprint density at radius 2 is 1.89 bits per heavy atom. The molecule has 1 heterocycles. The van der Waals surface area contributed by atoms with Gasteiger partial charge >= 0.3 is 0 Å². The Kier molecular flexibility index (Phi) is 6.09. The van der Waals surface area contributed by atoms with Crippen LogP contribution in [0, 0.1) is 0 Å². The Hall–Kier alpha value is -0.120. The Morgan fingerprint density at radius 1 is 1.22 bits per heavy atom. The van der Waals surface area contributed by atoms with Gasteiger partial charge in [0.05, 0.1) is 0 Å². The average Bonchev–Trinajstić information content (AvgIpc) is 2.60. The molecule has 18 heavy (non-hydrogen) atoms. The third-order valence-corrected chi connectivity index (χ3v) is 5.06. The highest BCUT2D eigenvalue weighted by atomic mass is 15.2. The highest BCUT2D eigenvalue weighted by Crippen LogP contribution is 2.30. The van der Waals surface area contributed by atoms with Gasteiger partial charge in [-0.2, -0.15) is 0 Å². The first-order valence-electron chi connectivity index (χ1n) is 7.64. The summed E-state index contributed by atoms with van der Waals surface area (Å²) in [6.07, 6.45) is 4.93. The molecule has 0 aromatic carbocycles. The molecule has 0 aliphatic carbocycles. The highest BCUT2D eigenvalue weighted by Gasteiger charge is 2.37. The third kappa shape index (κ3) is 3.46. The topological polar surface area (TPSA) is 32.5 Å². The zero-order valence-corrected chi connectivity index (χ0v) is 13.1. The molecule has 3 nitrogen and oxygen atoms in total. The van der Waals surface area contributed by atoms with Crippen LogP contribution in [-0.4, -0.2) is 54.1 Å². The molecule has 1 saturated heterocycles. The third-order valence-electron chi connectivity index (χ3n) is 5.06. The molecule has 0 amide bonds. The molecule has 2 N–H and O–H groups in total. The summed E-state index contributed by atoms with van der Waals surface area (Å²) in [6.45, 7) is 12.4. The van der Waals surface area contributed by atoms with Crippen molar-refractivity contribution in [3.63, 3.8) is 0 Å². The van der Waals surface area contributed by atoms with E-state index in [4.69, 9.17) is 5.73 Å². The van der Waals surface area contributed by atoms with Crippen molar-refractivity contribution in [1.82, 2.24) is 9.80 Å². The zero-order valence-electron chi connectivity index (χ0n) is 13.1. The standard InChI is InChI=1S/C15H33N3/c1-6-14(4)17(5)15(12-16)8-7-10-18(11-9-15)13(2)3/h13-14H,6-12,16H2,1-5H3. The number of rotatable bonds is 5. The van der Waals surface area contributed by atoms with Gasteiger partial charge in [-0.3, -0.25) is 4.90 Å². The molecule has 0 saturated carbocycles. The fourth-order valence-electron chi connectivity index (χ4n) is 3.16. The Balaban J connectivity index is 2.76. The van der Waals surface area contributed by atoms with Crippen LogP contribution in [0.1, 0.15) is 53.4 Å². The summed E-state index contributed by atoms with van der Waals surface area (Å²) >= 11 is 0. The van der Waals surface area contributed by atoms with Gasteiger partial charge in [-0.1, -0.05) is 6.92 Å². The van der Waals surface area contributed by atoms with Crippen molar-refractivity contribution in [2.45, 2.75) is 71.0 Å². The van der Waals surface area contributed by atoms with E-state index >= 15 is 0 Å². The number of likely N-dealkylation sites (tertiary alicyclic amines) is 1. The lowest BCUT2D eigenvalue weighted by atomic mass is 9.87. The molecule has 0 bridgehead atoms. The zero-order chi connectivity index (χ0) is 13.8. The minimum Gasteiger partial charge on any atom is -0.329 e. The lowest BCUT2D eigenvalue weighted by Crippen LogP contribution is -2.55. The van der Waals surface area contributed by atoms with Gasteiger partial charge in [0.2, 0.25) is 0 Å². The van der Waals surface area contributed by atoms with E-state index in [2.05, 4.69) is 44.5 Å². The van der Waals surface area contributed by atoms with Crippen LogP contribution in [0.25, 0.3) is 0 Å². The summed E-state index contributed by atoms with van der Waals surface area (Å²) in [6, 6.07) is 1.28. The number of hydrogen-bond donors (Lipinski definition) is 1. The summed E-state index contributed by atoms with van der Waals surface area (Å²) in [4.78, 5) is 5.15. The van der Waals surface area contributed by atoms with Gasteiger partial charge in [0.15, 0.2) is 0 Å². The maximum Gasteiger partial charge on any atom is 0.0344 e. The fraction of sp³-hybridized carbons (Fsp3) is 1.00. The van der Waals surface area contributed by atoms with Crippen molar-refractivity contribution < 1.29 is 0 Å². The first kappa shape index (κ1) is 15.9. The maximum absolute atomic E-state index is 6.16. The van der Waals surface area contributed by atoms with E-state index in [0.717, 1.165) is 6.54 Å². The monoisotopic (exact) mass is 255 g/mol. The van der Waals surface area contributed by atoms with E-state index in [1.165, 1.54) is 38.8 Å². The Bertz CT molecular complexity index is 242. The van der Waals surface area contributed by atoms with Crippen LogP contribution in [0.5, 0.6) is 0 Å². The smallest absolute Gasteiger partial charge is 0.0344 e. The van der Waals surface area contributed by atoms with E-state index < -0.39 is 0 Å². The van der Waals surface area contributed by atoms with E-state index in [1.54, 1.807) is 0 Å². The van der Waals surface area contributed by atoms with Crippen LogP contribution in [0.4, 0.5) is 0 Å². The Labute approximate surface area is 114 Å².